The first-order valence-electron chi connectivity index (χ1n) is 6.99. The molecule has 0 aliphatic heterocycles. The lowest BCUT2D eigenvalue weighted by atomic mass is 10.0. The van der Waals surface area contributed by atoms with E-state index in [1.807, 2.05) is 14.0 Å². The van der Waals surface area contributed by atoms with Crippen molar-refractivity contribution < 1.29 is 9.50 Å². The average molecular weight is 308 g/mol. The highest BCUT2D eigenvalue weighted by molar-refractivity contribution is 7.09. The highest BCUT2D eigenvalue weighted by Crippen LogP contribution is 2.20. The van der Waals surface area contributed by atoms with E-state index in [0.29, 0.717) is 17.5 Å². The van der Waals surface area contributed by atoms with Gasteiger partial charge in [-0.2, -0.15) is 0 Å². The summed E-state index contributed by atoms with van der Waals surface area (Å²) in [6.45, 7) is 5.20. The van der Waals surface area contributed by atoms with Crippen LogP contribution in [0.15, 0.2) is 23.6 Å². The summed E-state index contributed by atoms with van der Waals surface area (Å²) in [6.07, 6.45) is -0.0676. The second-order valence-electron chi connectivity index (χ2n) is 5.41. The van der Waals surface area contributed by atoms with Crippen molar-refractivity contribution in [3.05, 3.63) is 51.2 Å². The van der Waals surface area contributed by atoms with Crippen LogP contribution < -0.4 is 0 Å². The Morgan fingerprint density at radius 2 is 2.14 bits per heavy atom. The number of hydrogen-bond acceptors (Lipinski definition) is 4. The minimum Gasteiger partial charge on any atom is -0.388 e. The van der Waals surface area contributed by atoms with Crippen LogP contribution >= 0.6 is 11.3 Å². The van der Waals surface area contributed by atoms with Crippen molar-refractivity contribution in [1.29, 1.82) is 0 Å². The molecule has 1 unspecified atom stereocenters. The molecule has 21 heavy (non-hydrogen) atoms. The first-order chi connectivity index (χ1) is 9.95. The molecule has 1 atom stereocenters. The third kappa shape index (κ3) is 4.59. The van der Waals surface area contributed by atoms with E-state index in [1.165, 1.54) is 6.07 Å². The van der Waals surface area contributed by atoms with Gasteiger partial charge >= 0.3 is 0 Å². The predicted octanol–water partition coefficient (Wildman–Crippen LogP) is 3.45. The van der Waals surface area contributed by atoms with Gasteiger partial charge in [-0.3, -0.25) is 0 Å². The standard InChI is InChI=1S/C16H21FN2OS/c1-11-4-5-13(8-15(11)17)16(20)6-7-19(3)9-14-10-21-12(2)18-14/h4-5,8,10,16,20H,6-7,9H2,1-3H3. The van der Waals surface area contributed by atoms with E-state index in [4.69, 9.17) is 0 Å². The van der Waals surface area contributed by atoms with Crippen molar-refractivity contribution in [1.82, 2.24) is 9.88 Å². The molecule has 1 aromatic heterocycles. The van der Waals surface area contributed by atoms with Crippen molar-refractivity contribution in [2.75, 3.05) is 13.6 Å². The van der Waals surface area contributed by atoms with E-state index in [-0.39, 0.29) is 5.82 Å². The summed E-state index contributed by atoms with van der Waals surface area (Å²) in [5.74, 6) is -0.266. The number of rotatable bonds is 6. The van der Waals surface area contributed by atoms with Crippen LogP contribution in [-0.4, -0.2) is 28.6 Å². The third-order valence-corrected chi connectivity index (χ3v) is 4.29. The van der Waals surface area contributed by atoms with Crippen LogP contribution in [0.1, 0.15) is 34.4 Å². The second kappa shape index (κ2) is 7.11. The molecule has 1 aromatic carbocycles. The smallest absolute Gasteiger partial charge is 0.126 e. The Morgan fingerprint density at radius 3 is 2.76 bits per heavy atom. The molecule has 2 aromatic rings. The maximum Gasteiger partial charge on any atom is 0.126 e. The zero-order chi connectivity index (χ0) is 15.4. The molecule has 0 amide bonds. The van der Waals surface area contributed by atoms with Crippen LogP contribution in [0.3, 0.4) is 0 Å². The molecular weight excluding hydrogens is 287 g/mol. The van der Waals surface area contributed by atoms with Gasteiger partial charge in [0.25, 0.3) is 0 Å². The summed E-state index contributed by atoms with van der Waals surface area (Å²) in [4.78, 5) is 6.54. The number of aliphatic hydroxyl groups excluding tert-OH is 1. The molecule has 0 bridgehead atoms. The van der Waals surface area contributed by atoms with E-state index >= 15 is 0 Å². The number of halogens is 1. The van der Waals surface area contributed by atoms with Crippen molar-refractivity contribution in [3.63, 3.8) is 0 Å². The van der Waals surface area contributed by atoms with Gasteiger partial charge in [-0.1, -0.05) is 12.1 Å². The van der Waals surface area contributed by atoms with Crippen LogP contribution in [0, 0.1) is 19.7 Å². The lowest BCUT2D eigenvalue weighted by Gasteiger charge is -2.18. The zero-order valence-electron chi connectivity index (χ0n) is 12.6. The normalized spacial score (nSPS) is 12.9. The van der Waals surface area contributed by atoms with Gasteiger partial charge in [0.15, 0.2) is 0 Å². The zero-order valence-corrected chi connectivity index (χ0v) is 13.5. The number of nitrogens with zero attached hydrogens (tertiary/aromatic N) is 2. The number of hydrogen-bond donors (Lipinski definition) is 1. The van der Waals surface area contributed by atoms with E-state index < -0.39 is 6.10 Å². The van der Waals surface area contributed by atoms with E-state index in [2.05, 4.69) is 15.3 Å². The molecule has 114 valence electrons. The predicted molar refractivity (Wildman–Crippen MR) is 83.9 cm³/mol. The quantitative estimate of drug-likeness (QED) is 0.888. The summed E-state index contributed by atoms with van der Waals surface area (Å²) in [7, 11) is 2.00. The summed E-state index contributed by atoms with van der Waals surface area (Å²) < 4.78 is 13.5. The molecule has 0 spiro atoms. The molecule has 1 N–H and O–H groups in total. The lowest BCUT2D eigenvalue weighted by Crippen LogP contribution is -2.21. The molecular formula is C16H21FN2OS. The second-order valence-corrected chi connectivity index (χ2v) is 6.47. The van der Waals surface area contributed by atoms with Crippen LogP contribution in [0.5, 0.6) is 0 Å². The van der Waals surface area contributed by atoms with Crippen LogP contribution in [-0.2, 0) is 6.54 Å². The topological polar surface area (TPSA) is 36.4 Å². The highest BCUT2D eigenvalue weighted by Gasteiger charge is 2.11. The molecule has 0 fully saturated rings. The van der Waals surface area contributed by atoms with E-state index in [0.717, 1.165) is 23.8 Å². The number of aromatic nitrogens is 1. The molecule has 0 aliphatic carbocycles. The molecule has 2 rings (SSSR count). The van der Waals surface area contributed by atoms with Crippen molar-refractivity contribution in [2.45, 2.75) is 32.9 Å². The van der Waals surface area contributed by atoms with Crippen LogP contribution in [0.4, 0.5) is 4.39 Å². The Bertz CT molecular complexity index is 600. The molecule has 0 radical (unpaired) electrons. The van der Waals surface area contributed by atoms with Crippen LogP contribution in [0.25, 0.3) is 0 Å². The maximum absolute atomic E-state index is 13.5. The van der Waals surface area contributed by atoms with Crippen molar-refractivity contribution in [3.8, 4) is 0 Å². The first kappa shape index (κ1) is 16.1. The number of benzene rings is 1. The number of aliphatic hydroxyl groups is 1. The number of aryl methyl sites for hydroxylation is 2. The van der Waals surface area contributed by atoms with E-state index in [9.17, 15) is 9.50 Å². The molecule has 0 saturated heterocycles. The Kier molecular flexibility index (Phi) is 5.45. The monoisotopic (exact) mass is 308 g/mol. The van der Waals surface area contributed by atoms with Crippen molar-refractivity contribution in [2.24, 2.45) is 0 Å². The fourth-order valence-electron chi connectivity index (χ4n) is 2.16. The summed E-state index contributed by atoms with van der Waals surface area (Å²) in [5, 5.41) is 13.3. The Labute approximate surface area is 129 Å². The van der Waals surface area contributed by atoms with Gasteiger partial charge in [-0.05, 0) is 44.5 Å². The minimum absolute atomic E-state index is 0.266. The first-order valence-corrected chi connectivity index (χ1v) is 7.87. The lowest BCUT2D eigenvalue weighted by molar-refractivity contribution is 0.147. The van der Waals surface area contributed by atoms with Crippen LogP contribution in [0.2, 0.25) is 0 Å². The third-order valence-electron chi connectivity index (χ3n) is 3.46. The van der Waals surface area contributed by atoms with Gasteiger partial charge in [0.1, 0.15) is 5.82 Å². The summed E-state index contributed by atoms with van der Waals surface area (Å²) in [6, 6.07) is 4.91. The fraction of sp³-hybridized carbons (Fsp3) is 0.438. The van der Waals surface area contributed by atoms with Gasteiger partial charge in [0.2, 0.25) is 0 Å². The van der Waals surface area contributed by atoms with E-state index in [1.54, 1.807) is 30.4 Å². The number of thiazole rings is 1. The Balaban J connectivity index is 1.85. The van der Waals surface area contributed by atoms with Gasteiger partial charge in [0.05, 0.1) is 16.8 Å². The summed E-state index contributed by atoms with van der Waals surface area (Å²) >= 11 is 1.64. The Morgan fingerprint density at radius 1 is 1.38 bits per heavy atom. The molecule has 5 heteroatoms. The SMILES string of the molecule is Cc1nc(CN(C)CCC(O)c2ccc(C)c(F)c2)cs1. The fourth-order valence-corrected chi connectivity index (χ4v) is 2.77. The average Bonchev–Trinajstić information content (AvgIpc) is 2.84. The largest absolute Gasteiger partial charge is 0.388 e. The molecule has 0 aliphatic rings. The molecule has 1 heterocycles. The van der Waals surface area contributed by atoms with Gasteiger partial charge in [-0.25, -0.2) is 9.37 Å². The van der Waals surface area contributed by atoms with Gasteiger partial charge in [0, 0.05) is 18.5 Å². The van der Waals surface area contributed by atoms with Gasteiger partial charge in [-0.15, -0.1) is 11.3 Å². The van der Waals surface area contributed by atoms with Crippen molar-refractivity contribution >= 4 is 11.3 Å². The summed E-state index contributed by atoms with van der Waals surface area (Å²) in [5.41, 5.74) is 2.29. The molecule has 0 saturated carbocycles. The minimum atomic E-state index is -0.639. The Hall–Kier alpha value is -1.30. The maximum atomic E-state index is 13.5. The highest BCUT2D eigenvalue weighted by atomic mass is 32.1. The molecule has 3 nitrogen and oxygen atoms in total. The van der Waals surface area contributed by atoms with Gasteiger partial charge < -0.3 is 10.0 Å².